The highest BCUT2D eigenvalue weighted by Crippen LogP contribution is 2.31. The predicted octanol–water partition coefficient (Wildman–Crippen LogP) is 3.46. The SMILES string of the molecule is Cc1c(C(=O)NCC2CCCO2)cc(-c2csc(-c3cnccn3)n2)n1CC1CCCO1. The minimum atomic E-state index is -0.0743. The second-order valence-corrected chi connectivity index (χ2v) is 9.11. The van der Waals surface area contributed by atoms with E-state index >= 15 is 0 Å². The molecule has 0 spiro atoms. The van der Waals surface area contributed by atoms with Gasteiger partial charge in [0.2, 0.25) is 0 Å². The van der Waals surface area contributed by atoms with Gasteiger partial charge in [0.05, 0.1) is 35.4 Å². The second-order valence-electron chi connectivity index (χ2n) is 8.25. The molecule has 2 aliphatic heterocycles. The zero-order valence-electron chi connectivity index (χ0n) is 18.1. The Morgan fingerprint density at radius 3 is 2.72 bits per heavy atom. The topological polar surface area (TPSA) is 91.2 Å². The molecule has 5 heterocycles. The summed E-state index contributed by atoms with van der Waals surface area (Å²) in [7, 11) is 0. The van der Waals surface area contributed by atoms with Crippen molar-refractivity contribution in [3.63, 3.8) is 0 Å². The van der Waals surface area contributed by atoms with Gasteiger partial charge in [0.15, 0.2) is 0 Å². The number of nitrogens with one attached hydrogen (secondary N) is 1. The van der Waals surface area contributed by atoms with Crippen molar-refractivity contribution >= 4 is 17.2 Å². The molecule has 2 aliphatic rings. The molecule has 3 aromatic rings. The Morgan fingerprint density at radius 2 is 2.00 bits per heavy atom. The van der Waals surface area contributed by atoms with Gasteiger partial charge in [-0.25, -0.2) is 4.98 Å². The molecule has 2 atom stereocenters. The first kappa shape index (κ1) is 21.2. The lowest BCUT2D eigenvalue weighted by molar-refractivity contribution is 0.0855. The van der Waals surface area contributed by atoms with E-state index in [-0.39, 0.29) is 18.1 Å². The van der Waals surface area contributed by atoms with Crippen molar-refractivity contribution in [2.24, 2.45) is 0 Å². The lowest BCUT2D eigenvalue weighted by atomic mass is 10.2. The van der Waals surface area contributed by atoms with Crippen LogP contribution >= 0.6 is 11.3 Å². The number of hydrogen-bond donors (Lipinski definition) is 1. The highest BCUT2D eigenvalue weighted by Gasteiger charge is 2.25. The third-order valence-corrected chi connectivity index (χ3v) is 6.95. The fraction of sp³-hybridized carbons (Fsp3) is 0.478. The van der Waals surface area contributed by atoms with Crippen LogP contribution in [-0.2, 0) is 16.0 Å². The molecule has 0 bridgehead atoms. The molecule has 3 aromatic heterocycles. The number of nitrogens with zero attached hydrogens (tertiary/aromatic N) is 4. The molecule has 0 aliphatic carbocycles. The van der Waals surface area contributed by atoms with Gasteiger partial charge in [0.25, 0.3) is 5.91 Å². The molecule has 2 saturated heterocycles. The third kappa shape index (κ3) is 4.46. The van der Waals surface area contributed by atoms with E-state index in [0.29, 0.717) is 18.7 Å². The standard InChI is InChI=1S/C23H27N5O3S/c1-15-18(22(29)26-11-16-4-2-8-30-16)10-21(28(15)13-17-5-3-9-31-17)20-14-32-23(27-20)19-12-24-6-7-25-19/h6-7,10,12,14,16-17H,2-5,8-9,11,13H2,1H3,(H,26,29). The van der Waals surface area contributed by atoms with E-state index in [1.807, 2.05) is 18.4 Å². The maximum absolute atomic E-state index is 13.0. The van der Waals surface area contributed by atoms with Gasteiger partial charge in [-0.05, 0) is 38.7 Å². The van der Waals surface area contributed by atoms with Crippen LogP contribution in [0.25, 0.3) is 22.1 Å². The van der Waals surface area contributed by atoms with E-state index in [4.69, 9.17) is 14.5 Å². The van der Waals surface area contributed by atoms with Gasteiger partial charge in [-0.2, -0.15) is 0 Å². The molecule has 0 aromatic carbocycles. The molecule has 8 nitrogen and oxygen atoms in total. The van der Waals surface area contributed by atoms with E-state index in [1.165, 1.54) is 11.3 Å². The summed E-state index contributed by atoms with van der Waals surface area (Å²) >= 11 is 1.52. The van der Waals surface area contributed by atoms with E-state index in [1.54, 1.807) is 18.6 Å². The van der Waals surface area contributed by atoms with Crippen LogP contribution in [0.15, 0.2) is 30.0 Å². The van der Waals surface area contributed by atoms with Gasteiger partial charge in [0, 0.05) is 49.8 Å². The van der Waals surface area contributed by atoms with Crippen LogP contribution in [0.3, 0.4) is 0 Å². The summed E-state index contributed by atoms with van der Waals surface area (Å²) < 4.78 is 13.7. The molecular weight excluding hydrogens is 426 g/mol. The number of carbonyl (C=O) groups is 1. The molecule has 2 fully saturated rings. The molecule has 2 unspecified atom stereocenters. The Bertz CT molecular complexity index is 1070. The van der Waals surface area contributed by atoms with Gasteiger partial charge >= 0.3 is 0 Å². The first-order valence-corrected chi connectivity index (χ1v) is 12.0. The van der Waals surface area contributed by atoms with Gasteiger partial charge in [-0.15, -0.1) is 11.3 Å². The summed E-state index contributed by atoms with van der Waals surface area (Å²) in [5, 5.41) is 5.87. The molecule has 1 N–H and O–H groups in total. The van der Waals surface area contributed by atoms with Crippen LogP contribution in [0.2, 0.25) is 0 Å². The molecular formula is C23H27N5O3S. The van der Waals surface area contributed by atoms with E-state index in [0.717, 1.165) is 66.7 Å². The molecule has 32 heavy (non-hydrogen) atoms. The van der Waals surface area contributed by atoms with Crippen molar-refractivity contribution in [1.29, 1.82) is 0 Å². The number of amides is 1. The van der Waals surface area contributed by atoms with Gasteiger partial charge in [-0.3, -0.25) is 14.8 Å². The predicted molar refractivity (Wildman–Crippen MR) is 122 cm³/mol. The maximum atomic E-state index is 13.0. The van der Waals surface area contributed by atoms with Crippen molar-refractivity contribution in [3.05, 3.63) is 41.3 Å². The number of aromatic nitrogens is 4. The summed E-state index contributed by atoms with van der Waals surface area (Å²) in [5.74, 6) is -0.0743. The molecule has 9 heteroatoms. The quantitative estimate of drug-likeness (QED) is 0.589. The Labute approximate surface area is 191 Å². The normalized spacial score (nSPS) is 20.7. The van der Waals surface area contributed by atoms with Crippen molar-refractivity contribution in [1.82, 2.24) is 24.8 Å². The first-order valence-electron chi connectivity index (χ1n) is 11.1. The second kappa shape index (κ2) is 9.48. The van der Waals surface area contributed by atoms with Crippen molar-refractivity contribution in [3.8, 4) is 22.1 Å². The van der Waals surface area contributed by atoms with E-state index in [9.17, 15) is 4.79 Å². The third-order valence-electron chi connectivity index (χ3n) is 6.08. The van der Waals surface area contributed by atoms with Crippen LogP contribution in [0, 0.1) is 6.92 Å². The summed E-state index contributed by atoms with van der Waals surface area (Å²) in [6.07, 6.45) is 9.44. The van der Waals surface area contributed by atoms with Crippen LogP contribution in [0.4, 0.5) is 0 Å². The Hall–Kier alpha value is -2.62. The summed E-state index contributed by atoms with van der Waals surface area (Å²) in [5.41, 5.74) is 4.09. The highest BCUT2D eigenvalue weighted by molar-refractivity contribution is 7.13. The summed E-state index contributed by atoms with van der Waals surface area (Å²) in [4.78, 5) is 26.3. The smallest absolute Gasteiger partial charge is 0.253 e. The highest BCUT2D eigenvalue weighted by atomic mass is 32.1. The molecule has 0 radical (unpaired) electrons. The zero-order chi connectivity index (χ0) is 21.9. The Morgan fingerprint density at radius 1 is 1.19 bits per heavy atom. The Kier molecular flexibility index (Phi) is 6.29. The summed E-state index contributed by atoms with van der Waals surface area (Å²) in [6.45, 7) is 4.81. The molecule has 1 amide bonds. The minimum Gasteiger partial charge on any atom is -0.376 e. The zero-order valence-corrected chi connectivity index (χ0v) is 18.9. The molecule has 0 saturated carbocycles. The van der Waals surface area contributed by atoms with Crippen molar-refractivity contribution in [2.45, 2.75) is 51.4 Å². The molecule has 168 valence electrons. The molecule has 5 rings (SSSR count). The van der Waals surface area contributed by atoms with E-state index in [2.05, 4.69) is 19.9 Å². The van der Waals surface area contributed by atoms with Crippen molar-refractivity contribution < 1.29 is 14.3 Å². The number of rotatable bonds is 7. The van der Waals surface area contributed by atoms with Crippen molar-refractivity contribution in [2.75, 3.05) is 19.8 Å². The van der Waals surface area contributed by atoms with Gasteiger partial charge in [0.1, 0.15) is 10.7 Å². The fourth-order valence-corrected chi connectivity index (χ4v) is 5.11. The van der Waals surface area contributed by atoms with Gasteiger partial charge in [-0.1, -0.05) is 0 Å². The average molecular weight is 454 g/mol. The van der Waals surface area contributed by atoms with Crippen LogP contribution in [-0.4, -0.2) is 57.4 Å². The monoisotopic (exact) mass is 453 g/mol. The summed E-state index contributed by atoms with van der Waals surface area (Å²) in [6, 6.07) is 1.95. The van der Waals surface area contributed by atoms with E-state index < -0.39 is 0 Å². The van der Waals surface area contributed by atoms with Gasteiger partial charge < -0.3 is 19.4 Å². The average Bonchev–Trinajstić information content (AvgIpc) is 3.62. The van der Waals surface area contributed by atoms with Crippen LogP contribution in [0.5, 0.6) is 0 Å². The van der Waals surface area contributed by atoms with Crippen LogP contribution in [0.1, 0.15) is 41.7 Å². The minimum absolute atomic E-state index is 0.0743. The lowest BCUT2D eigenvalue weighted by Crippen LogP contribution is -2.32. The maximum Gasteiger partial charge on any atom is 0.253 e. The number of hydrogen-bond acceptors (Lipinski definition) is 7. The Balaban J connectivity index is 1.44. The first-order chi connectivity index (χ1) is 15.7. The number of thiazole rings is 1. The number of carbonyl (C=O) groups excluding carboxylic acids is 1. The fourth-order valence-electron chi connectivity index (χ4n) is 4.34. The largest absolute Gasteiger partial charge is 0.376 e. The number of ether oxygens (including phenoxy) is 2. The lowest BCUT2D eigenvalue weighted by Gasteiger charge is -2.16. The van der Waals surface area contributed by atoms with Crippen LogP contribution < -0.4 is 5.32 Å².